The van der Waals surface area contributed by atoms with Gasteiger partial charge in [0.1, 0.15) is 17.4 Å². The fourth-order valence-corrected chi connectivity index (χ4v) is 4.70. The second-order valence-electron chi connectivity index (χ2n) is 8.91. The molecule has 1 aromatic carbocycles. The Hall–Kier alpha value is -4.47. The standard InChI is InChI=1S/C26H26N8O2/c1-16-12-17(4-5-21(16)35-3)13-18-8-11-36-24-15-19(14-23-31-32-25(18)34(23)24)20-6-9-27-26(29-20)30-22-7-10-28-33(22)2/h4-7,9-10,12,14-15,18H,8,11,13H2,1-3H3,(H,27,29,30). The number of aromatic nitrogens is 7. The highest BCUT2D eigenvalue weighted by Gasteiger charge is 2.25. The van der Waals surface area contributed by atoms with Crippen LogP contribution in [0.1, 0.15) is 29.3 Å². The molecule has 0 spiro atoms. The van der Waals surface area contributed by atoms with Crippen LogP contribution in [0.4, 0.5) is 11.8 Å². The molecule has 4 aromatic heterocycles. The number of pyridine rings is 1. The van der Waals surface area contributed by atoms with Gasteiger partial charge in [0.25, 0.3) is 0 Å². The second kappa shape index (κ2) is 8.95. The summed E-state index contributed by atoms with van der Waals surface area (Å²) >= 11 is 0. The van der Waals surface area contributed by atoms with E-state index in [9.17, 15) is 0 Å². The molecule has 0 amide bonds. The van der Waals surface area contributed by atoms with Crippen molar-refractivity contribution in [3.63, 3.8) is 0 Å². The highest BCUT2D eigenvalue weighted by molar-refractivity contribution is 5.67. The van der Waals surface area contributed by atoms with Crippen LogP contribution in [-0.2, 0) is 13.5 Å². The summed E-state index contributed by atoms with van der Waals surface area (Å²) in [5, 5.41) is 16.4. The van der Waals surface area contributed by atoms with Gasteiger partial charge in [-0.3, -0.25) is 4.68 Å². The molecule has 10 nitrogen and oxygen atoms in total. The summed E-state index contributed by atoms with van der Waals surface area (Å²) in [6.45, 7) is 2.66. The van der Waals surface area contributed by atoms with Gasteiger partial charge in [-0.15, -0.1) is 10.2 Å². The molecular weight excluding hydrogens is 456 g/mol. The van der Waals surface area contributed by atoms with Crippen molar-refractivity contribution in [3.8, 4) is 22.9 Å². The predicted molar refractivity (Wildman–Crippen MR) is 135 cm³/mol. The van der Waals surface area contributed by atoms with Gasteiger partial charge in [-0.25, -0.2) is 14.4 Å². The van der Waals surface area contributed by atoms with Crippen LogP contribution in [0.15, 0.2) is 54.9 Å². The molecule has 1 N–H and O–H groups in total. The molecule has 0 bridgehead atoms. The fraction of sp³-hybridized carbons (Fsp3) is 0.269. The normalized spacial score (nSPS) is 14.9. The molecule has 10 heteroatoms. The lowest BCUT2D eigenvalue weighted by Gasteiger charge is -2.14. The van der Waals surface area contributed by atoms with Crippen LogP contribution in [0.2, 0.25) is 0 Å². The SMILES string of the molecule is COc1ccc(CC2CCOc3cc(-c4ccnc(Nc5ccnn5C)n4)cc4nnc2n34)cc1C. The quantitative estimate of drug-likeness (QED) is 0.386. The zero-order chi connectivity index (χ0) is 24.6. The van der Waals surface area contributed by atoms with E-state index in [0.717, 1.165) is 58.6 Å². The molecule has 6 rings (SSSR count). The van der Waals surface area contributed by atoms with Crippen molar-refractivity contribution >= 4 is 17.4 Å². The van der Waals surface area contributed by atoms with Gasteiger partial charge in [0, 0.05) is 36.9 Å². The topological polar surface area (TPSA) is 104 Å². The zero-order valence-corrected chi connectivity index (χ0v) is 20.3. The summed E-state index contributed by atoms with van der Waals surface area (Å²) in [7, 11) is 3.56. The number of anilines is 2. The van der Waals surface area contributed by atoms with E-state index in [0.29, 0.717) is 12.6 Å². The number of nitrogens with one attached hydrogen (secondary N) is 1. The maximum absolute atomic E-state index is 6.19. The van der Waals surface area contributed by atoms with Crippen molar-refractivity contribution in [2.75, 3.05) is 19.0 Å². The third-order valence-corrected chi connectivity index (χ3v) is 6.53. The molecule has 0 radical (unpaired) electrons. The van der Waals surface area contributed by atoms with Gasteiger partial charge in [0.05, 0.1) is 25.6 Å². The Morgan fingerprint density at radius 1 is 1.11 bits per heavy atom. The number of hydrogen-bond donors (Lipinski definition) is 1. The third kappa shape index (κ3) is 4.00. The minimum Gasteiger partial charge on any atom is -0.496 e. The van der Waals surface area contributed by atoms with Crippen molar-refractivity contribution in [1.29, 1.82) is 0 Å². The van der Waals surface area contributed by atoms with Gasteiger partial charge in [-0.05, 0) is 49.1 Å². The van der Waals surface area contributed by atoms with E-state index < -0.39 is 0 Å². The van der Waals surface area contributed by atoms with Crippen LogP contribution >= 0.6 is 0 Å². The monoisotopic (exact) mass is 482 g/mol. The molecule has 0 aliphatic carbocycles. The molecule has 1 atom stereocenters. The third-order valence-electron chi connectivity index (χ3n) is 6.53. The van der Waals surface area contributed by atoms with Gasteiger partial charge < -0.3 is 14.8 Å². The van der Waals surface area contributed by atoms with Gasteiger partial charge in [-0.2, -0.15) is 5.10 Å². The van der Waals surface area contributed by atoms with Crippen LogP contribution in [-0.4, -0.2) is 48.1 Å². The molecule has 5 aromatic rings. The Morgan fingerprint density at radius 3 is 2.83 bits per heavy atom. The van der Waals surface area contributed by atoms with Crippen LogP contribution in [0.5, 0.6) is 11.6 Å². The number of benzene rings is 1. The largest absolute Gasteiger partial charge is 0.496 e. The first-order chi connectivity index (χ1) is 17.6. The number of hydrogen-bond acceptors (Lipinski definition) is 8. The molecule has 0 fully saturated rings. The fourth-order valence-electron chi connectivity index (χ4n) is 4.70. The van der Waals surface area contributed by atoms with Crippen molar-refractivity contribution in [3.05, 3.63) is 71.8 Å². The zero-order valence-electron chi connectivity index (χ0n) is 20.3. The maximum atomic E-state index is 6.19. The first-order valence-corrected chi connectivity index (χ1v) is 11.8. The van der Waals surface area contributed by atoms with Crippen LogP contribution in [0.25, 0.3) is 16.9 Å². The number of nitrogens with zero attached hydrogens (tertiary/aromatic N) is 7. The van der Waals surface area contributed by atoms with E-state index in [-0.39, 0.29) is 5.92 Å². The number of rotatable bonds is 6. The molecule has 1 unspecified atom stereocenters. The van der Waals surface area contributed by atoms with E-state index in [1.165, 1.54) is 5.56 Å². The Labute approximate surface area is 208 Å². The summed E-state index contributed by atoms with van der Waals surface area (Å²) in [5.74, 6) is 4.01. The van der Waals surface area contributed by atoms with Crippen molar-refractivity contribution in [2.45, 2.75) is 25.7 Å². The van der Waals surface area contributed by atoms with Crippen molar-refractivity contribution in [1.82, 2.24) is 34.3 Å². The minimum atomic E-state index is 0.189. The highest BCUT2D eigenvalue weighted by atomic mass is 16.5. The van der Waals surface area contributed by atoms with E-state index in [1.807, 2.05) is 41.8 Å². The predicted octanol–water partition coefficient (Wildman–Crippen LogP) is 4.09. The van der Waals surface area contributed by atoms with E-state index >= 15 is 0 Å². The lowest BCUT2D eigenvalue weighted by molar-refractivity contribution is 0.296. The lowest BCUT2D eigenvalue weighted by Crippen LogP contribution is -2.08. The molecule has 0 saturated carbocycles. The summed E-state index contributed by atoms with van der Waals surface area (Å²) in [6.07, 6.45) is 5.15. The highest BCUT2D eigenvalue weighted by Crippen LogP contribution is 2.34. The van der Waals surface area contributed by atoms with E-state index in [4.69, 9.17) is 14.5 Å². The van der Waals surface area contributed by atoms with Crippen LogP contribution < -0.4 is 14.8 Å². The number of aryl methyl sites for hydroxylation is 2. The first-order valence-electron chi connectivity index (χ1n) is 11.8. The molecule has 182 valence electrons. The first kappa shape index (κ1) is 22.0. The van der Waals surface area contributed by atoms with Gasteiger partial charge in [-0.1, -0.05) is 12.1 Å². The molecule has 0 saturated heterocycles. The Kier molecular flexibility index (Phi) is 5.48. The summed E-state index contributed by atoms with van der Waals surface area (Å²) < 4.78 is 15.4. The van der Waals surface area contributed by atoms with E-state index in [2.05, 4.69) is 44.7 Å². The minimum absolute atomic E-state index is 0.189. The molecule has 5 heterocycles. The van der Waals surface area contributed by atoms with Crippen LogP contribution in [0, 0.1) is 6.92 Å². The van der Waals surface area contributed by atoms with Crippen molar-refractivity contribution in [2.24, 2.45) is 7.05 Å². The Bertz CT molecular complexity index is 1560. The van der Waals surface area contributed by atoms with Crippen molar-refractivity contribution < 1.29 is 9.47 Å². The average molecular weight is 483 g/mol. The molecule has 1 aliphatic rings. The van der Waals surface area contributed by atoms with Gasteiger partial charge in [0.2, 0.25) is 11.8 Å². The summed E-state index contributed by atoms with van der Waals surface area (Å²) in [6, 6.07) is 14.0. The lowest BCUT2D eigenvalue weighted by atomic mass is 9.94. The Balaban J connectivity index is 1.32. The van der Waals surface area contributed by atoms with Gasteiger partial charge in [0.15, 0.2) is 5.65 Å². The molecule has 1 aliphatic heterocycles. The van der Waals surface area contributed by atoms with Crippen LogP contribution in [0.3, 0.4) is 0 Å². The maximum Gasteiger partial charge on any atom is 0.228 e. The number of methoxy groups -OCH3 is 1. The smallest absolute Gasteiger partial charge is 0.228 e. The average Bonchev–Trinajstić information content (AvgIpc) is 3.44. The number of ether oxygens (including phenoxy) is 2. The molecular formula is C26H26N8O2. The Morgan fingerprint density at radius 2 is 2.03 bits per heavy atom. The summed E-state index contributed by atoms with van der Waals surface area (Å²) in [5.41, 5.74) is 4.74. The van der Waals surface area contributed by atoms with E-state index in [1.54, 1.807) is 24.2 Å². The second-order valence-corrected chi connectivity index (χ2v) is 8.91. The summed E-state index contributed by atoms with van der Waals surface area (Å²) in [4.78, 5) is 9.04. The molecule has 36 heavy (non-hydrogen) atoms. The van der Waals surface area contributed by atoms with Gasteiger partial charge >= 0.3 is 0 Å².